The topological polar surface area (TPSA) is 71.5 Å². The molecule has 0 bridgehead atoms. The predicted octanol–water partition coefficient (Wildman–Crippen LogP) is 3.76. The number of pyridine rings is 1. The summed E-state index contributed by atoms with van der Waals surface area (Å²) in [6, 6.07) is 19.2. The van der Waals surface area contributed by atoms with E-state index in [4.69, 9.17) is 9.72 Å². The van der Waals surface area contributed by atoms with Gasteiger partial charge in [-0.3, -0.25) is 9.59 Å². The second-order valence-corrected chi connectivity index (χ2v) is 8.58. The van der Waals surface area contributed by atoms with Gasteiger partial charge in [-0.05, 0) is 23.6 Å². The molecule has 6 heteroatoms. The number of hydrogen-bond donors (Lipinski definition) is 1. The number of ether oxygens (including phenoxy) is 1. The van der Waals surface area contributed by atoms with Gasteiger partial charge in [0.1, 0.15) is 6.10 Å². The van der Waals surface area contributed by atoms with Crippen molar-refractivity contribution in [3.8, 4) is 0 Å². The van der Waals surface area contributed by atoms with Gasteiger partial charge < -0.3 is 15.0 Å². The average molecular weight is 432 g/mol. The first kappa shape index (κ1) is 22.0. The minimum atomic E-state index is -0.371. The van der Waals surface area contributed by atoms with E-state index in [2.05, 4.69) is 19.2 Å². The molecule has 0 aliphatic carbocycles. The Morgan fingerprint density at radius 2 is 1.88 bits per heavy atom. The molecule has 1 N–H and O–H groups in total. The third-order valence-electron chi connectivity index (χ3n) is 5.60. The van der Waals surface area contributed by atoms with Gasteiger partial charge in [0.15, 0.2) is 0 Å². The van der Waals surface area contributed by atoms with Crippen LogP contribution in [-0.4, -0.2) is 47.9 Å². The summed E-state index contributed by atoms with van der Waals surface area (Å²) in [5, 5.41) is 3.81. The fraction of sp³-hybridized carbons (Fsp3) is 0.346. The Kier molecular flexibility index (Phi) is 6.81. The number of carbonyl (C=O) groups is 2. The second kappa shape index (κ2) is 9.92. The lowest BCUT2D eigenvalue weighted by molar-refractivity contribution is -0.138. The van der Waals surface area contributed by atoms with Crippen LogP contribution in [0.15, 0.2) is 60.7 Å². The first-order valence-corrected chi connectivity index (χ1v) is 11.1. The van der Waals surface area contributed by atoms with E-state index in [1.165, 1.54) is 0 Å². The minimum absolute atomic E-state index is 0.0696. The number of rotatable bonds is 6. The number of fused-ring (bicyclic) bond motifs is 1. The van der Waals surface area contributed by atoms with Gasteiger partial charge in [-0.15, -0.1) is 0 Å². The monoisotopic (exact) mass is 431 g/mol. The molecule has 1 aromatic heterocycles. The zero-order chi connectivity index (χ0) is 22.5. The molecule has 6 nitrogen and oxygen atoms in total. The van der Waals surface area contributed by atoms with Crippen LogP contribution in [0.3, 0.4) is 0 Å². The van der Waals surface area contributed by atoms with E-state index in [0.29, 0.717) is 49.8 Å². The number of carbonyl (C=O) groups excluding carboxylic acids is 2. The second-order valence-electron chi connectivity index (χ2n) is 8.58. The fourth-order valence-corrected chi connectivity index (χ4v) is 3.88. The molecule has 1 fully saturated rings. The van der Waals surface area contributed by atoms with Crippen LogP contribution in [-0.2, 0) is 16.0 Å². The lowest BCUT2D eigenvalue weighted by Gasteiger charge is -2.33. The van der Waals surface area contributed by atoms with Crippen LogP contribution < -0.4 is 5.32 Å². The van der Waals surface area contributed by atoms with Crippen molar-refractivity contribution in [2.24, 2.45) is 5.92 Å². The highest BCUT2D eigenvalue weighted by molar-refractivity contribution is 6.06. The molecule has 0 saturated carbocycles. The standard InChI is InChI=1S/C26H29N3O3/c1-18(2)16-27-26(31)21-15-23(28-22-11-7-6-10-20(21)22)24-17-29(12-13-32-24)25(30)14-19-8-4-3-5-9-19/h3-11,15,18,24H,12-14,16-17H2,1-2H3,(H,27,31)/t24-/m1/s1. The number of aromatic nitrogens is 1. The average Bonchev–Trinajstić information content (AvgIpc) is 2.82. The third kappa shape index (κ3) is 5.14. The highest BCUT2D eigenvalue weighted by Crippen LogP contribution is 2.26. The number of amides is 2. The third-order valence-corrected chi connectivity index (χ3v) is 5.60. The highest BCUT2D eigenvalue weighted by Gasteiger charge is 2.27. The van der Waals surface area contributed by atoms with Crippen molar-refractivity contribution in [3.63, 3.8) is 0 Å². The summed E-state index contributed by atoms with van der Waals surface area (Å²) in [4.78, 5) is 32.4. The van der Waals surface area contributed by atoms with Gasteiger partial charge in [-0.25, -0.2) is 4.98 Å². The molecule has 1 atom stereocenters. The van der Waals surface area contributed by atoms with Crippen LogP contribution in [0.25, 0.3) is 10.9 Å². The number of para-hydroxylation sites is 1. The number of benzene rings is 2. The highest BCUT2D eigenvalue weighted by atomic mass is 16.5. The molecule has 1 saturated heterocycles. The van der Waals surface area contributed by atoms with E-state index in [9.17, 15) is 9.59 Å². The van der Waals surface area contributed by atoms with Crippen LogP contribution in [0.1, 0.15) is 41.6 Å². The maximum absolute atomic E-state index is 12.9. The van der Waals surface area contributed by atoms with Gasteiger partial charge >= 0.3 is 0 Å². The summed E-state index contributed by atoms with van der Waals surface area (Å²) < 4.78 is 5.99. The van der Waals surface area contributed by atoms with Gasteiger partial charge in [0.05, 0.1) is 36.3 Å². The van der Waals surface area contributed by atoms with Crippen molar-refractivity contribution < 1.29 is 14.3 Å². The minimum Gasteiger partial charge on any atom is -0.368 e. The summed E-state index contributed by atoms with van der Waals surface area (Å²) in [7, 11) is 0. The number of hydrogen-bond acceptors (Lipinski definition) is 4. The van der Waals surface area contributed by atoms with E-state index in [-0.39, 0.29) is 17.9 Å². The lowest BCUT2D eigenvalue weighted by Crippen LogP contribution is -2.43. The van der Waals surface area contributed by atoms with Gasteiger partial charge in [0.25, 0.3) is 5.91 Å². The van der Waals surface area contributed by atoms with Crippen molar-refractivity contribution in [1.82, 2.24) is 15.2 Å². The zero-order valence-corrected chi connectivity index (χ0v) is 18.6. The van der Waals surface area contributed by atoms with E-state index in [1.54, 1.807) is 0 Å². The number of nitrogens with one attached hydrogen (secondary N) is 1. The SMILES string of the molecule is CC(C)CNC(=O)c1cc([C@H]2CN(C(=O)Cc3ccccc3)CCO2)nc2ccccc12. The molecule has 2 aromatic carbocycles. The molecule has 2 amide bonds. The van der Waals surface area contributed by atoms with Gasteiger partial charge in [-0.1, -0.05) is 62.4 Å². The maximum atomic E-state index is 12.9. The Bertz CT molecular complexity index is 1100. The van der Waals surface area contributed by atoms with E-state index in [1.807, 2.05) is 65.6 Å². The Labute approximate surface area is 188 Å². The molecule has 1 aliphatic heterocycles. The molecule has 3 aromatic rings. The van der Waals surface area contributed by atoms with Crippen molar-refractivity contribution in [1.29, 1.82) is 0 Å². The van der Waals surface area contributed by atoms with Crippen LogP contribution in [0.5, 0.6) is 0 Å². The van der Waals surface area contributed by atoms with Crippen molar-refractivity contribution in [2.45, 2.75) is 26.4 Å². The fourth-order valence-electron chi connectivity index (χ4n) is 3.88. The Morgan fingerprint density at radius 3 is 2.66 bits per heavy atom. The van der Waals surface area contributed by atoms with Crippen molar-refractivity contribution in [3.05, 3.63) is 77.5 Å². The van der Waals surface area contributed by atoms with E-state index in [0.717, 1.165) is 16.5 Å². The zero-order valence-electron chi connectivity index (χ0n) is 18.6. The van der Waals surface area contributed by atoms with Crippen molar-refractivity contribution in [2.75, 3.05) is 26.2 Å². The normalized spacial score (nSPS) is 16.3. The van der Waals surface area contributed by atoms with Gasteiger partial charge in [0.2, 0.25) is 5.91 Å². The summed E-state index contributed by atoms with van der Waals surface area (Å²) in [6.45, 7) is 6.14. The van der Waals surface area contributed by atoms with Crippen LogP contribution >= 0.6 is 0 Å². The summed E-state index contributed by atoms with van der Waals surface area (Å²) in [5.41, 5.74) is 3.00. The van der Waals surface area contributed by atoms with Gasteiger partial charge in [0, 0.05) is 18.5 Å². The molecule has 1 aliphatic rings. The number of morpholine rings is 1. The molecule has 0 radical (unpaired) electrons. The quantitative estimate of drug-likeness (QED) is 0.645. The summed E-state index contributed by atoms with van der Waals surface area (Å²) >= 11 is 0. The molecule has 166 valence electrons. The molecular formula is C26H29N3O3. The lowest BCUT2D eigenvalue weighted by atomic mass is 10.0. The van der Waals surface area contributed by atoms with Crippen LogP contribution in [0, 0.1) is 5.92 Å². The van der Waals surface area contributed by atoms with Gasteiger partial charge in [-0.2, -0.15) is 0 Å². The van der Waals surface area contributed by atoms with Crippen LogP contribution in [0.2, 0.25) is 0 Å². The Balaban J connectivity index is 1.57. The molecule has 2 heterocycles. The molecule has 0 unspecified atom stereocenters. The number of nitrogens with zero attached hydrogens (tertiary/aromatic N) is 2. The summed E-state index contributed by atoms with van der Waals surface area (Å²) in [5.74, 6) is 0.309. The molecular weight excluding hydrogens is 402 g/mol. The van der Waals surface area contributed by atoms with E-state index < -0.39 is 0 Å². The summed E-state index contributed by atoms with van der Waals surface area (Å²) in [6.07, 6.45) is -0.00796. The molecule has 0 spiro atoms. The maximum Gasteiger partial charge on any atom is 0.252 e. The van der Waals surface area contributed by atoms with Crippen LogP contribution in [0.4, 0.5) is 0 Å². The smallest absolute Gasteiger partial charge is 0.252 e. The van der Waals surface area contributed by atoms with E-state index >= 15 is 0 Å². The Hall–Kier alpha value is -3.25. The predicted molar refractivity (Wildman–Crippen MR) is 124 cm³/mol. The molecule has 4 rings (SSSR count). The van der Waals surface area contributed by atoms with Crippen molar-refractivity contribution >= 4 is 22.7 Å². The Morgan fingerprint density at radius 1 is 1.12 bits per heavy atom. The first-order valence-electron chi connectivity index (χ1n) is 11.1. The largest absolute Gasteiger partial charge is 0.368 e. The first-order chi connectivity index (χ1) is 15.5. The molecule has 32 heavy (non-hydrogen) atoms.